The lowest BCUT2D eigenvalue weighted by Gasteiger charge is -2.12. The van der Waals surface area contributed by atoms with Gasteiger partial charge < -0.3 is 10.1 Å². The van der Waals surface area contributed by atoms with Gasteiger partial charge in [0.05, 0.1) is 31.1 Å². The van der Waals surface area contributed by atoms with Gasteiger partial charge in [0.2, 0.25) is 0 Å². The predicted molar refractivity (Wildman–Crippen MR) is 121 cm³/mol. The molecule has 7 heteroatoms. The molecule has 0 bridgehead atoms. The van der Waals surface area contributed by atoms with Gasteiger partial charge >= 0.3 is 5.69 Å². The third kappa shape index (κ3) is 3.79. The number of nitrogens with zero attached hydrogens (tertiary/aromatic N) is 4. The summed E-state index contributed by atoms with van der Waals surface area (Å²) in [5.41, 5.74) is 3.00. The lowest BCUT2D eigenvalue weighted by atomic mass is 10.2. The second-order valence-corrected chi connectivity index (χ2v) is 7.93. The first-order valence-electron chi connectivity index (χ1n) is 10.6. The van der Waals surface area contributed by atoms with E-state index in [2.05, 4.69) is 15.3 Å². The summed E-state index contributed by atoms with van der Waals surface area (Å²) < 4.78 is 8.61. The van der Waals surface area contributed by atoms with E-state index < -0.39 is 0 Å². The highest BCUT2D eigenvalue weighted by Gasteiger charge is 2.17. The lowest BCUT2D eigenvalue weighted by Crippen LogP contribution is -2.24. The molecule has 31 heavy (non-hydrogen) atoms. The van der Waals surface area contributed by atoms with E-state index in [1.165, 1.54) is 25.7 Å². The normalized spacial score (nSPS) is 14.2. The molecule has 0 unspecified atom stereocenters. The maximum absolute atomic E-state index is 13.4. The summed E-state index contributed by atoms with van der Waals surface area (Å²) in [5, 5.41) is 3.49. The minimum atomic E-state index is -0.136. The Labute approximate surface area is 180 Å². The number of methoxy groups -OCH3 is 1. The molecule has 1 aliphatic rings. The Morgan fingerprint density at radius 3 is 2.58 bits per heavy atom. The van der Waals surface area contributed by atoms with Gasteiger partial charge in [0, 0.05) is 12.2 Å². The van der Waals surface area contributed by atoms with Crippen molar-refractivity contribution < 1.29 is 4.74 Å². The van der Waals surface area contributed by atoms with Crippen LogP contribution in [0.5, 0.6) is 5.75 Å². The molecule has 1 fully saturated rings. The number of pyridine rings is 2. The van der Waals surface area contributed by atoms with Crippen LogP contribution in [0.2, 0.25) is 0 Å². The van der Waals surface area contributed by atoms with Gasteiger partial charge in [0.1, 0.15) is 11.6 Å². The minimum Gasteiger partial charge on any atom is -0.497 e. The van der Waals surface area contributed by atoms with Gasteiger partial charge in [-0.2, -0.15) is 0 Å². The van der Waals surface area contributed by atoms with E-state index in [0.29, 0.717) is 23.9 Å². The SMILES string of the molecule is COc1ccc(Cn2c(=O)n(-c3ccc(NC4CCCC4)nc3)c3ncccc32)cc1. The Morgan fingerprint density at radius 1 is 1.06 bits per heavy atom. The predicted octanol–water partition coefficient (Wildman–Crippen LogP) is 3.99. The highest BCUT2D eigenvalue weighted by Crippen LogP contribution is 2.22. The Kier molecular flexibility index (Phi) is 5.16. The maximum atomic E-state index is 13.4. The van der Waals surface area contributed by atoms with Gasteiger partial charge in [0.25, 0.3) is 0 Å². The number of anilines is 1. The second kappa shape index (κ2) is 8.26. The van der Waals surface area contributed by atoms with Crippen LogP contribution in [0.4, 0.5) is 5.82 Å². The van der Waals surface area contributed by atoms with Gasteiger partial charge in [-0.25, -0.2) is 19.3 Å². The van der Waals surface area contributed by atoms with Gasteiger partial charge in [0.15, 0.2) is 5.65 Å². The first-order chi connectivity index (χ1) is 15.2. The van der Waals surface area contributed by atoms with Crippen molar-refractivity contribution in [1.29, 1.82) is 0 Å². The molecule has 0 amide bonds. The van der Waals surface area contributed by atoms with E-state index in [-0.39, 0.29) is 5.69 Å². The molecule has 0 radical (unpaired) electrons. The molecule has 7 nitrogen and oxygen atoms in total. The van der Waals surface area contributed by atoms with Crippen LogP contribution in [-0.4, -0.2) is 32.3 Å². The fourth-order valence-corrected chi connectivity index (χ4v) is 4.27. The van der Waals surface area contributed by atoms with E-state index >= 15 is 0 Å². The highest BCUT2D eigenvalue weighted by atomic mass is 16.5. The van der Waals surface area contributed by atoms with Crippen molar-refractivity contribution in [3.05, 3.63) is 77.0 Å². The van der Waals surface area contributed by atoms with Crippen LogP contribution < -0.4 is 15.7 Å². The fourth-order valence-electron chi connectivity index (χ4n) is 4.27. The monoisotopic (exact) mass is 415 g/mol. The zero-order chi connectivity index (χ0) is 21.2. The van der Waals surface area contributed by atoms with E-state index in [0.717, 1.165) is 22.6 Å². The number of fused-ring (bicyclic) bond motifs is 1. The van der Waals surface area contributed by atoms with Crippen LogP contribution in [0.25, 0.3) is 16.9 Å². The van der Waals surface area contributed by atoms with Gasteiger partial charge in [-0.15, -0.1) is 0 Å². The average Bonchev–Trinajstić information content (AvgIpc) is 3.41. The lowest BCUT2D eigenvalue weighted by molar-refractivity contribution is 0.414. The quantitative estimate of drug-likeness (QED) is 0.515. The van der Waals surface area contributed by atoms with Gasteiger partial charge in [-0.3, -0.25) is 4.57 Å². The van der Waals surface area contributed by atoms with Gasteiger partial charge in [-0.05, 0) is 54.8 Å². The molecule has 5 rings (SSSR count). The molecule has 3 heterocycles. The first-order valence-corrected chi connectivity index (χ1v) is 10.6. The van der Waals surface area contributed by atoms with Crippen molar-refractivity contribution in [2.45, 2.75) is 38.3 Å². The molecule has 1 aromatic carbocycles. The van der Waals surface area contributed by atoms with Crippen molar-refractivity contribution >= 4 is 17.0 Å². The zero-order valence-corrected chi connectivity index (χ0v) is 17.5. The fraction of sp³-hybridized carbons (Fsp3) is 0.292. The van der Waals surface area contributed by atoms with Crippen LogP contribution in [0, 0.1) is 0 Å². The number of hydrogen-bond donors (Lipinski definition) is 1. The van der Waals surface area contributed by atoms with Crippen molar-refractivity contribution in [3.8, 4) is 11.4 Å². The third-order valence-corrected chi connectivity index (χ3v) is 5.90. The summed E-state index contributed by atoms with van der Waals surface area (Å²) in [6, 6.07) is 15.9. The van der Waals surface area contributed by atoms with Crippen molar-refractivity contribution in [3.63, 3.8) is 0 Å². The molecule has 0 spiro atoms. The summed E-state index contributed by atoms with van der Waals surface area (Å²) in [6.45, 7) is 0.451. The smallest absolute Gasteiger partial charge is 0.335 e. The first kappa shape index (κ1) is 19.4. The van der Waals surface area contributed by atoms with E-state index in [4.69, 9.17) is 4.74 Å². The van der Waals surface area contributed by atoms with Crippen molar-refractivity contribution in [2.24, 2.45) is 0 Å². The molecule has 1 saturated carbocycles. The third-order valence-electron chi connectivity index (χ3n) is 5.90. The van der Waals surface area contributed by atoms with Crippen LogP contribution >= 0.6 is 0 Å². The topological polar surface area (TPSA) is 74.0 Å². The highest BCUT2D eigenvalue weighted by molar-refractivity contribution is 5.73. The molecule has 0 saturated heterocycles. The molecule has 3 aromatic heterocycles. The molecule has 4 aromatic rings. The van der Waals surface area contributed by atoms with E-state index in [1.807, 2.05) is 48.5 Å². The van der Waals surface area contributed by atoms with E-state index in [9.17, 15) is 4.79 Å². The minimum absolute atomic E-state index is 0.136. The summed E-state index contributed by atoms with van der Waals surface area (Å²) >= 11 is 0. The summed E-state index contributed by atoms with van der Waals surface area (Å²) in [7, 11) is 1.64. The average molecular weight is 415 g/mol. The van der Waals surface area contributed by atoms with Crippen molar-refractivity contribution in [1.82, 2.24) is 19.1 Å². The van der Waals surface area contributed by atoms with Crippen LogP contribution in [0.1, 0.15) is 31.2 Å². The molecule has 1 aliphatic carbocycles. The van der Waals surface area contributed by atoms with Crippen LogP contribution in [0.15, 0.2) is 65.7 Å². The largest absolute Gasteiger partial charge is 0.497 e. The number of aromatic nitrogens is 4. The number of rotatable bonds is 6. The van der Waals surface area contributed by atoms with E-state index in [1.54, 1.807) is 28.6 Å². The molecular formula is C24H25N5O2. The Hall–Kier alpha value is -3.61. The standard InChI is InChI=1S/C24H25N5O2/c1-31-20-11-8-17(9-12-20)16-28-21-7-4-14-25-23(21)29(24(28)30)19-10-13-22(26-15-19)27-18-5-2-3-6-18/h4,7-15,18H,2-3,5-6,16H2,1H3,(H,26,27). The Bertz CT molecular complexity index is 1240. The molecular weight excluding hydrogens is 390 g/mol. The number of imidazole rings is 1. The number of hydrogen-bond acceptors (Lipinski definition) is 5. The second-order valence-electron chi connectivity index (χ2n) is 7.93. The summed E-state index contributed by atoms with van der Waals surface area (Å²) in [6.07, 6.45) is 8.36. The number of benzene rings is 1. The van der Waals surface area contributed by atoms with Crippen LogP contribution in [-0.2, 0) is 6.54 Å². The van der Waals surface area contributed by atoms with Gasteiger partial charge in [-0.1, -0.05) is 25.0 Å². The Balaban J connectivity index is 1.50. The van der Waals surface area contributed by atoms with Crippen LogP contribution in [0.3, 0.4) is 0 Å². The Morgan fingerprint density at radius 2 is 1.87 bits per heavy atom. The summed E-state index contributed by atoms with van der Waals surface area (Å²) in [5.74, 6) is 1.64. The summed E-state index contributed by atoms with van der Waals surface area (Å²) in [4.78, 5) is 22.4. The van der Waals surface area contributed by atoms with Crippen molar-refractivity contribution in [2.75, 3.05) is 12.4 Å². The number of nitrogens with one attached hydrogen (secondary N) is 1. The zero-order valence-electron chi connectivity index (χ0n) is 17.5. The molecule has 0 aliphatic heterocycles. The maximum Gasteiger partial charge on any atom is 0.335 e. The molecule has 158 valence electrons. The number of ether oxygens (including phenoxy) is 1. The molecule has 0 atom stereocenters. The molecule has 1 N–H and O–H groups in total.